The zero-order valence-electron chi connectivity index (χ0n) is 7.19. The van der Waals surface area contributed by atoms with Gasteiger partial charge in [-0.15, -0.1) is 0 Å². The first kappa shape index (κ1) is 7.79. The maximum Gasteiger partial charge on any atom is 0.293 e. The molecule has 2 aromatic heterocycles. The van der Waals surface area contributed by atoms with Gasteiger partial charge in [0.1, 0.15) is 0 Å². The lowest BCUT2D eigenvalue weighted by Crippen LogP contribution is -1.83. The summed E-state index contributed by atoms with van der Waals surface area (Å²) >= 11 is 0. The summed E-state index contributed by atoms with van der Waals surface area (Å²) in [6, 6.07) is 4.34. The lowest BCUT2D eigenvalue weighted by molar-refractivity contribution is 0.384. The Labute approximate surface area is 75.6 Å². The van der Waals surface area contributed by atoms with Crippen molar-refractivity contribution in [3.8, 4) is 17.3 Å². The smallest absolute Gasteiger partial charge is 0.293 e. The van der Waals surface area contributed by atoms with E-state index in [1.54, 1.807) is 25.7 Å². The largest absolute Gasteiger partial charge is 0.468 e. The van der Waals surface area contributed by atoms with Crippen molar-refractivity contribution in [1.82, 2.24) is 15.0 Å². The van der Waals surface area contributed by atoms with Crippen LogP contribution in [0.4, 0.5) is 0 Å². The molecule has 66 valence electrons. The van der Waals surface area contributed by atoms with E-state index in [1.165, 1.54) is 0 Å². The number of nitrogens with zero attached hydrogens (tertiary/aromatic N) is 2. The number of hydrogen-bond donors (Lipinski definition) is 1. The van der Waals surface area contributed by atoms with E-state index in [0.29, 0.717) is 6.01 Å². The number of H-pyrrole nitrogens is 1. The standard InChI is InChI=1S/C9H9N3O/c1-13-9-11-6-8(12-9)7-2-4-10-5-3-7/h2-6H,1H3,(H,11,12). The van der Waals surface area contributed by atoms with Gasteiger partial charge < -0.3 is 9.72 Å². The van der Waals surface area contributed by atoms with E-state index in [0.717, 1.165) is 11.3 Å². The highest BCUT2D eigenvalue weighted by molar-refractivity contribution is 5.57. The second kappa shape index (κ2) is 3.26. The lowest BCUT2D eigenvalue weighted by Gasteiger charge is -1.94. The summed E-state index contributed by atoms with van der Waals surface area (Å²) in [5, 5.41) is 0. The Bertz CT molecular complexity index is 383. The van der Waals surface area contributed by atoms with Gasteiger partial charge in [-0.1, -0.05) is 0 Å². The molecule has 4 heteroatoms. The molecule has 1 N–H and O–H groups in total. The number of pyridine rings is 1. The molecular formula is C9H9N3O. The Morgan fingerprint density at radius 1 is 1.31 bits per heavy atom. The third kappa shape index (κ3) is 1.51. The monoisotopic (exact) mass is 175 g/mol. The molecule has 0 aromatic carbocycles. The molecule has 0 bridgehead atoms. The summed E-state index contributed by atoms with van der Waals surface area (Å²) in [5.74, 6) is 0. The van der Waals surface area contributed by atoms with Crippen LogP contribution >= 0.6 is 0 Å². The van der Waals surface area contributed by atoms with Gasteiger partial charge in [-0.2, -0.15) is 0 Å². The molecule has 0 spiro atoms. The lowest BCUT2D eigenvalue weighted by atomic mass is 10.2. The number of hydrogen-bond acceptors (Lipinski definition) is 3. The fourth-order valence-electron chi connectivity index (χ4n) is 1.08. The Kier molecular flexibility index (Phi) is 1.96. The number of rotatable bonds is 2. The highest BCUT2D eigenvalue weighted by Gasteiger charge is 2.01. The third-order valence-electron chi connectivity index (χ3n) is 1.74. The van der Waals surface area contributed by atoms with Gasteiger partial charge in [0.15, 0.2) is 0 Å². The predicted octanol–water partition coefficient (Wildman–Crippen LogP) is 1.48. The Morgan fingerprint density at radius 2 is 2.08 bits per heavy atom. The second-order valence-corrected chi connectivity index (χ2v) is 2.54. The molecule has 0 aliphatic heterocycles. The van der Waals surface area contributed by atoms with Gasteiger partial charge in [0.25, 0.3) is 6.01 Å². The summed E-state index contributed by atoms with van der Waals surface area (Å²) in [4.78, 5) is 11.0. The van der Waals surface area contributed by atoms with Gasteiger partial charge in [-0.25, -0.2) is 4.98 Å². The summed E-state index contributed by atoms with van der Waals surface area (Å²) in [7, 11) is 1.58. The van der Waals surface area contributed by atoms with E-state index >= 15 is 0 Å². The normalized spacial score (nSPS) is 9.92. The molecule has 13 heavy (non-hydrogen) atoms. The summed E-state index contributed by atoms with van der Waals surface area (Å²) in [5.41, 5.74) is 1.98. The fraction of sp³-hybridized carbons (Fsp3) is 0.111. The average molecular weight is 175 g/mol. The van der Waals surface area contributed by atoms with Crippen LogP contribution < -0.4 is 4.74 Å². The van der Waals surface area contributed by atoms with E-state index in [1.807, 2.05) is 12.1 Å². The van der Waals surface area contributed by atoms with Crippen molar-refractivity contribution in [1.29, 1.82) is 0 Å². The number of ether oxygens (including phenoxy) is 1. The molecular weight excluding hydrogens is 166 g/mol. The van der Waals surface area contributed by atoms with Crippen LogP contribution in [0.1, 0.15) is 0 Å². The topological polar surface area (TPSA) is 50.8 Å². The molecule has 0 amide bonds. The molecule has 0 saturated heterocycles. The van der Waals surface area contributed by atoms with Crippen molar-refractivity contribution in [2.75, 3.05) is 7.11 Å². The van der Waals surface area contributed by atoms with Gasteiger partial charge in [0, 0.05) is 18.0 Å². The molecule has 0 unspecified atom stereocenters. The fourth-order valence-corrected chi connectivity index (χ4v) is 1.08. The molecule has 0 fully saturated rings. The Morgan fingerprint density at radius 3 is 2.69 bits per heavy atom. The van der Waals surface area contributed by atoms with Crippen molar-refractivity contribution in [3.63, 3.8) is 0 Å². The van der Waals surface area contributed by atoms with E-state index in [-0.39, 0.29) is 0 Å². The van der Waals surface area contributed by atoms with E-state index in [2.05, 4.69) is 15.0 Å². The van der Waals surface area contributed by atoms with E-state index < -0.39 is 0 Å². The first-order chi connectivity index (χ1) is 6.40. The number of methoxy groups -OCH3 is 1. The highest BCUT2D eigenvalue weighted by Crippen LogP contribution is 2.17. The molecule has 0 saturated carbocycles. The Balaban J connectivity index is 2.36. The molecule has 0 aliphatic carbocycles. The zero-order chi connectivity index (χ0) is 9.10. The quantitative estimate of drug-likeness (QED) is 0.752. The highest BCUT2D eigenvalue weighted by atomic mass is 16.5. The van der Waals surface area contributed by atoms with Crippen LogP contribution in [0.2, 0.25) is 0 Å². The number of aromatic amines is 1. The van der Waals surface area contributed by atoms with Crippen LogP contribution in [-0.4, -0.2) is 22.1 Å². The van der Waals surface area contributed by atoms with Gasteiger partial charge in [0.05, 0.1) is 19.0 Å². The van der Waals surface area contributed by atoms with Crippen molar-refractivity contribution in [2.45, 2.75) is 0 Å². The predicted molar refractivity (Wildman–Crippen MR) is 48.4 cm³/mol. The zero-order valence-corrected chi connectivity index (χ0v) is 7.19. The average Bonchev–Trinajstić information content (AvgIpc) is 2.67. The summed E-state index contributed by atoms with van der Waals surface area (Å²) in [6.07, 6.45) is 5.21. The Hall–Kier alpha value is -1.84. The third-order valence-corrected chi connectivity index (χ3v) is 1.74. The van der Waals surface area contributed by atoms with Crippen LogP contribution in [-0.2, 0) is 0 Å². The summed E-state index contributed by atoms with van der Waals surface area (Å²) in [6.45, 7) is 0. The summed E-state index contributed by atoms with van der Waals surface area (Å²) < 4.78 is 4.93. The molecule has 2 heterocycles. The minimum Gasteiger partial charge on any atom is -0.468 e. The van der Waals surface area contributed by atoms with E-state index in [9.17, 15) is 0 Å². The number of aromatic nitrogens is 3. The molecule has 2 rings (SSSR count). The molecule has 2 aromatic rings. The minimum atomic E-state index is 0.520. The number of imidazole rings is 1. The number of nitrogens with one attached hydrogen (secondary N) is 1. The molecule has 0 atom stereocenters. The molecule has 0 radical (unpaired) electrons. The van der Waals surface area contributed by atoms with Crippen molar-refractivity contribution in [2.24, 2.45) is 0 Å². The maximum absolute atomic E-state index is 4.93. The van der Waals surface area contributed by atoms with Crippen molar-refractivity contribution in [3.05, 3.63) is 30.7 Å². The maximum atomic E-state index is 4.93. The molecule has 4 nitrogen and oxygen atoms in total. The van der Waals surface area contributed by atoms with Crippen LogP contribution in [0.3, 0.4) is 0 Å². The van der Waals surface area contributed by atoms with E-state index in [4.69, 9.17) is 4.74 Å². The van der Waals surface area contributed by atoms with Crippen LogP contribution in [0, 0.1) is 0 Å². The first-order valence-corrected chi connectivity index (χ1v) is 3.89. The van der Waals surface area contributed by atoms with Crippen LogP contribution in [0.25, 0.3) is 11.3 Å². The van der Waals surface area contributed by atoms with Gasteiger partial charge >= 0.3 is 0 Å². The van der Waals surface area contributed by atoms with Gasteiger partial charge in [-0.05, 0) is 12.1 Å². The minimum absolute atomic E-state index is 0.520. The SMILES string of the molecule is COc1ncc(-c2ccncc2)[nH]1. The molecule has 0 aliphatic rings. The first-order valence-electron chi connectivity index (χ1n) is 3.89. The van der Waals surface area contributed by atoms with Gasteiger partial charge in [0.2, 0.25) is 0 Å². The van der Waals surface area contributed by atoms with Crippen molar-refractivity contribution < 1.29 is 4.74 Å². The van der Waals surface area contributed by atoms with Crippen LogP contribution in [0.5, 0.6) is 6.01 Å². The van der Waals surface area contributed by atoms with Crippen molar-refractivity contribution >= 4 is 0 Å². The van der Waals surface area contributed by atoms with Gasteiger partial charge in [-0.3, -0.25) is 4.98 Å². The second-order valence-electron chi connectivity index (χ2n) is 2.54. The van der Waals surface area contributed by atoms with Crippen LogP contribution in [0.15, 0.2) is 30.7 Å².